The summed E-state index contributed by atoms with van der Waals surface area (Å²) >= 11 is 0. The second-order valence-corrected chi connectivity index (χ2v) is 6.55. The van der Waals surface area contributed by atoms with Crippen LogP contribution in [0.5, 0.6) is 5.75 Å². The fourth-order valence-corrected chi connectivity index (χ4v) is 3.60. The van der Waals surface area contributed by atoms with E-state index in [4.69, 9.17) is 9.47 Å². The van der Waals surface area contributed by atoms with Crippen LogP contribution in [0.1, 0.15) is 23.2 Å². The van der Waals surface area contributed by atoms with Crippen LogP contribution >= 0.6 is 0 Å². The molecule has 1 amide bonds. The van der Waals surface area contributed by atoms with Gasteiger partial charge in [-0.1, -0.05) is 0 Å². The number of ether oxygens (including phenoxy) is 2. The number of nitrogens with zero attached hydrogens (tertiary/aromatic N) is 1. The largest absolute Gasteiger partial charge is 0.497 e. The summed E-state index contributed by atoms with van der Waals surface area (Å²) in [5, 5.41) is 12.8. The average Bonchev–Trinajstić information content (AvgIpc) is 3.05. The molecule has 3 rings (SSSR count). The molecule has 0 bridgehead atoms. The van der Waals surface area contributed by atoms with Gasteiger partial charge in [0, 0.05) is 56.5 Å². The van der Waals surface area contributed by atoms with Gasteiger partial charge in [-0.15, -0.1) is 0 Å². The topological polar surface area (TPSA) is 71.0 Å². The van der Waals surface area contributed by atoms with Crippen LogP contribution in [-0.2, 0) is 4.74 Å². The number of amides is 1. The molecule has 0 saturated carbocycles. The first kappa shape index (κ1) is 17.2. The van der Waals surface area contributed by atoms with Crippen molar-refractivity contribution < 1.29 is 19.4 Å². The van der Waals surface area contributed by atoms with Crippen molar-refractivity contribution in [3.63, 3.8) is 0 Å². The fraction of sp³-hybridized carbons (Fsp3) is 0.611. The van der Waals surface area contributed by atoms with E-state index in [1.807, 2.05) is 0 Å². The average molecular weight is 334 g/mol. The van der Waals surface area contributed by atoms with Crippen LogP contribution < -0.4 is 10.1 Å². The molecule has 2 heterocycles. The summed E-state index contributed by atoms with van der Waals surface area (Å²) in [6, 6.07) is 7.55. The van der Waals surface area contributed by atoms with Crippen molar-refractivity contribution in [3.8, 4) is 5.75 Å². The molecule has 6 heteroatoms. The van der Waals surface area contributed by atoms with E-state index < -0.39 is 0 Å². The van der Waals surface area contributed by atoms with E-state index in [0.717, 1.165) is 44.9 Å². The number of hydrogen-bond donors (Lipinski definition) is 2. The van der Waals surface area contributed by atoms with Gasteiger partial charge in [-0.05, 0) is 37.1 Å². The Kier molecular flexibility index (Phi) is 5.71. The third kappa shape index (κ3) is 3.88. The lowest BCUT2D eigenvalue weighted by molar-refractivity contribution is 0.0398. The normalized spacial score (nSPS) is 25.6. The Morgan fingerprint density at radius 1 is 1.29 bits per heavy atom. The second kappa shape index (κ2) is 7.96. The Hall–Kier alpha value is -1.63. The number of carbonyl (C=O) groups is 1. The molecule has 2 aliphatic rings. The second-order valence-electron chi connectivity index (χ2n) is 6.55. The lowest BCUT2D eigenvalue weighted by Crippen LogP contribution is -2.43. The van der Waals surface area contributed by atoms with Crippen molar-refractivity contribution in [2.45, 2.75) is 24.9 Å². The van der Waals surface area contributed by atoms with Crippen molar-refractivity contribution >= 4 is 5.91 Å². The highest BCUT2D eigenvalue weighted by molar-refractivity contribution is 5.94. The van der Waals surface area contributed by atoms with Crippen molar-refractivity contribution in [2.75, 3.05) is 40.0 Å². The zero-order valence-electron chi connectivity index (χ0n) is 14.1. The number of likely N-dealkylation sites (tertiary alicyclic amines) is 1. The molecular formula is C18H26N2O4. The summed E-state index contributed by atoms with van der Waals surface area (Å²) < 4.78 is 10.5. The van der Waals surface area contributed by atoms with Gasteiger partial charge in [-0.2, -0.15) is 0 Å². The van der Waals surface area contributed by atoms with E-state index in [-0.39, 0.29) is 24.5 Å². The summed E-state index contributed by atoms with van der Waals surface area (Å²) in [5.74, 6) is 0.705. The number of nitrogens with one attached hydrogen (secondary N) is 1. The zero-order valence-corrected chi connectivity index (χ0v) is 14.1. The molecule has 2 fully saturated rings. The third-order valence-electron chi connectivity index (χ3n) is 5.08. The maximum absolute atomic E-state index is 12.5. The van der Waals surface area contributed by atoms with Gasteiger partial charge in [-0.25, -0.2) is 0 Å². The van der Waals surface area contributed by atoms with Gasteiger partial charge in [0.15, 0.2) is 0 Å². The number of aliphatic hydroxyl groups is 1. The standard InChI is InChI=1S/C18H26N2O4/c1-23-16-4-2-13(3-5-16)18(22)19-17-11-20(10-14(17)12-21)15-6-8-24-9-7-15/h2-5,14-15,17,21H,6-12H2,1H3,(H,19,22)/t14-,17+/m0/s1. The molecule has 1 aromatic carbocycles. The number of methoxy groups -OCH3 is 1. The van der Waals surface area contributed by atoms with Crippen LogP contribution in [0.2, 0.25) is 0 Å². The number of carbonyl (C=O) groups excluding carboxylic acids is 1. The van der Waals surface area contributed by atoms with Crippen molar-refractivity contribution in [3.05, 3.63) is 29.8 Å². The Morgan fingerprint density at radius 3 is 2.62 bits per heavy atom. The van der Waals surface area contributed by atoms with Gasteiger partial charge in [0.05, 0.1) is 7.11 Å². The first-order chi connectivity index (χ1) is 11.7. The summed E-state index contributed by atoms with van der Waals surface area (Å²) in [6.45, 7) is 3.31. The van der Waals surface area contributed by atoms with Crippen LogP contribution in [0.3, 0.4) is 0 Å². The molecule has 0 spiro atoms. The smallest absolute Gasteiger partial charge is 0.251 e. The van der Waals surface area contributed by atoms with Gasteiger partial charge in [0.1, 0.15) is 5.75 Å². The Bertz CT molecular complexity index is 542. The van der Waals surface area contributed by atoms with E-state index in [2.05, 4.69) is 10.2 Å². The molecule has 6 nitrogen and oxygen atoms in total. The lowest BCUT2D eigenvalue weighted by Gasteiger charge is -2.31. The maximum Gasteiger partial charge on any atom is 0.251 e. The molecule has 2 N–H and O–H groups in total. The number of benzene rings is 1. The van der Waals surface area contributed by atoms with Crippen LogP contribution in [0.15, 0.2) is 24.3 Å². The summed E-state index contributed by atoms with van der Waals surface area (Å²) in [5.41, 5.74) is 0.608. The molecular weight excluding hydrogens is 308 g/mol. The SMILES string of the molecule is COc1ccc(C(=O)N[C@@H]2CN(C3CCOCC3)C[C@H]2CO)cc1. The molecule has 2 saturated heterocycles. The molecule has 0 radical (unpaired) electrons. The Balaban J connectivity index is 1.60. The molecule has 0 unspecified atom stereocenters. The van der Waals surface area contributed by atoms with Crippen LogP contribution in [0.4, 0.5) is 0 Å². The number of hydrogen-bond acceptors (Lipinski definition) is 5. The molecule has 2 aliphatic heterocycles. The highest BCUT2D eigenvalue weighted by Gasteiger charge is 2.37. The minimum absolute atomic E-state index is 0.0209. The molecule has 132 valence electrons. The minimum atomic E-state index is -0.102. The summed E-state index contributed by atoms with van der Waals surface area (Å²) in [7, 11) is 1.60. The summed E-state index contributed by atoms with van der Waals surface area (Å²) in [6.07, 6.45) is 2.05. The highest BCUT2D eigenvalue weighted by Crippen LogP contribution is 2.24. The molecule has 2 atom stereocenters. The van der Waals surface area contributed by atoms with Crippen molar-refractivity contribution in [1.82, 2.24) is 10.2 Å². The Labute approximate surface area is 142 Å². The van der Waals surface area contributed by atoms with Gasteiger partial charge < -0.3 is 19.9 Å². The van der Waals surface area contributed by atoms with Crippen LogP contribution in [-0.4, -0.2) is 68.0 Å². The number of rotatable bonds is 5. The van der Waals surface area contributed by atoms with Crippen LogP contribution in [0, 0.1) is 5.92 Å². The van der Waals surface area contributed by atoms with E-state index in [9.17, 15) is 9.90 Å². The molecule has 0 aliphatic carbocycles. The van der Waals surface area contributed by atoms with Crippen LogP contribution in [0.25, 0.3) is 0 Å². The first-order valence-electron chi connectivity index (χ1n) is 8.59. The van der Waals surface area contributed by atoms with E-state index in [1.165, 1.54) is 0 Å². The third-order valence-corrected chi connectivity index (χ3v) is 5.08. The summed E-state index contributed by atoms with van der Waals surface area (Å²) in [4.78, 5) is 14.9. The highest BCUT2D eigenvalue weighted by atomic mass is 16.5. The van der Waals surface area contributed by atoms with Crippen molar-refractivity contribution in [1.29, 1.82) is 0 Å². The fourth-order valence-electron chi connectivity index (χ4n) is 3.60. The van der Waals surface area contributed by atoms with E-state index >= 15 is 0 Å². The van der Waals surface area contributed by atoms with E-state index in [1.54, 1.807) is 31.4 Å². The minimum Gasteiger partial charge on any atom is -0.497 e. The van der Waals surface area contributed by atoms with Gasteiger partial charge in [0.25, 0.3) is 5.91 Å². The van der Waals surface area contributed by atoms with E-state index in [0.29, 0.717) is 11.6 Å². The predicted octanol–water partition coefficient (Wildman–Crippen LogP) is 0.897. The first-order valence-corrected chi connectivity index (χ1v) is 8.59. The predicted molar refractivity (Wildman–Crippen MR) is 90.2 cm³/mol. The maximum atomic E-state index is 12.5. The molecule has 0 aromatic heterocycles. The lowest BCUT2D eigenvalue weighted by atomic mass is 10.0. The monoisotopic (exact) mass is 334 g/mol. The van der Waals surface area contributed by atoms with Gasteiger partial charge in [-0.3, -0.25) is 9.69 Å². The molecule has 24 heavy (non-hydrogen) atoms. The van der Waals surface area contributed by atoms with Gasteiger partial charge in [0.2, 0.25) is 0 Å². The quantitative estimate of drug-likeness (QED) is 0.837. The molecule has 1 aromatic rings. The number of aliphatic hydroxyl groups excluding tert-OH is 1. The van der Waals surface area contributed by atoms with Crippen molar-refractivity contribution in [2.24, 2.45) is 5.92 Å². The Morgan fingerprint density at radius 2 is 2.00 bits per heavy atom. The van der Waals surface area contributed by atoms with Gasteiger partial charge >= 0.3 is 0 Å². The zero-order chi connectivity index (χ0) is 16.9.